The van der Waals surface area contributed by atoms with Crippen molar-refractivity contribution < 1.29 is 27.4 Å². The van der Waals surface area contributed by atoms with Crippen LogP contribution in [-0.2, 0) is 24.5 Å². The maximum atomic E-state index is 13.0. The first-order valence-electron chi connectivity index (χ1n) is 10.1. The van der Waals surface area contributed by atoms with E-state index in [0.717, 1.165) is 38.2 Å². The average Bonchev–Trinajstić information content (AvgIpc) is 3.26. The van der Waals surface area contributed by atoms with Crippen molar-refractivity contribution in [3.8, 4) is 0 Å². The molecule has 156 valence electrons. The van der Waals surface area contributed by atoms with Gasteiger partial charge in [0.2, 0.25) is 0 Å². The summed E-state index contributed by atoms with van der Waals surface area (Å²) in [4.78, 5) is 36.9. The number of carbonyl (C=O) groups excluding carboxylic acids is 3. The topological polar surface area (TPSA) is 106 Å². The van der Waals surface area contributed by atoms with Crippen molar-refractivity contribution in [1.29, 1.82) is 0 Å². The number of unbranched alkanes of at least 4 members (excludes halogenated alkanes) is 5. The summed E-state index contributed by atoms with van der Waals surface area (Å²) in [6.07, 6.45) is 9.64. The van der Waals surface area contributed by atoms with Crippen LogP contribution in [0.4, 0.5) is 0 Å². The summed E-state index contributed by atoms with van der Waals surface area (Å²) >= 11 is 0. The molecular formula is C21H30O6S. The van der Waals surface area contributed by atoms with Gasteiger partial charge in [0.15, 0.2) is 5.78 Å². The maximum Gasteiger partial charge on any atom is 0.298 e. The van der Waals surface area contributed by atoms with Crippen LogP contribution in [0.3, 0.4) is 0 Å². The Morgan fingerprint density at radius 3 is 2.32 bits per heavy atom. The Hall–Kier alpha value is -1.60. The molecule has 1 N–H and O–H groups in total. The molecule has 0 aromatic rings. The normalized spacial score (nSPS) is 25.0. The van der Waals surface area contributed by atoms with E-state index < -0.39 is 38.1 Å². The summed E-state index contributed by atoms with van der Waals surface area (Å²) in [6, 6.07) is 0. The lowest BCUT2D eigenvalue weighted by Crippen LogP contribution is -2.34. The predicted molar refractivity (Wildman–Crippen MR) is 106 cm³/mol. The van der Waals surface area contributed by atoms with Gasteiger partial charge in [0.1, 0.15) is 17.0 Å². The summed E-state index contributed by atoms with van der Waals surface area (Å²) in [5.41, 5.74) is -0.803. The van der Waals surface area contributed by atoms with Crippen LogP contribution in [0, 0.1) is 23.2 Å². The van der Waals surface area contributed by atoms with Gasteiger partial charge in [-0.3, -0.25) is 14.1 Å². The summed E-state index contributed by atoms with van der Waals surface area (Å²) in [6.45, 7) is 5.81. The van der Waals surface area contributed by atoms with Crippen molar-refractivity contribution in [2.75, 3.05) is 0 Å². The van der Waals surface area contributed by atoms with E-state index in [2.05, 4.69) is 6.92 Å². The van der Waals surface area contributed by atoms with Gasteiger partial charge in [0.05, 0.1) is 11.3 Å². The zero-order valence-electron chi connectivity index (χ0n) is 16.8. The Bertz CT molecular complexity index is 805. The van der Waals surface area contributed by atoms with E-state index in [1.54, 1.807) is 0 Å². The van der Waals surface area contributed by atoms with Crippen LogP contribution in [0.1, 0.15) is 65.7 Å². The van der Waals surface area contributed by atoms with Crippen LogP contribution in [-0.4, -0.2) is 30.8 Å². The highest BCUT2D eigenvalue weighted by molar-refractivity contribution is 7.90. The van der Waals surface area contributed by atoms with E-state index in [9.17, 15) is 27.4 Å². The third-order valence-corrected chi connectivity index (χ3v) is 6.80. The number of carbonyl (C=O) groups is 3. The molecule has 3 atom stereocenters. The number of ketones is 2. The minimum atomic E-state index is -4.67. The van der Waals surface area contributed by atoms with Crippen molar-refractivity contribution in [2.45, 2.75) is 65.7 Å². The summed E-state index contributed by atoms with van der Waals surface area (Å²) in [7, 11) is -4.67. The zero-order chi connectivity index (χ0) is 21.1. The summed E-state index contributed by atoms with van der Waals surface area (Å²) in [5.74, 6) is -2.67. The first-order valence-corrected chi connectivity index (χ1v) is 11.5. The molecule has 6 nitrogen and oxygen atoms in total. The zero-order valence-corrected chi connectivity index (χ0v) is 17.6. The van der Waals surface area contributed by atoms with Crippen LogP contribution in [0.15, 0.2) is 22.6 Å². The quantitative estimate of drug-likeness (QED) is 0.299. The Kier molecular flexibility index (Phi) is 7.15. The summed E-state index contributed by atoms with van der Waals surface area (Å²) < 4.78 is 32.1. The van der Waals surface area contributed by atoms with Crippen molar-refractivity contribution >= 4 is 28.0 Å². The minimum absolute atomic E-state index is 0.0610. The van der Waals surface area contributed by atoms with E-state index in [-0.39, 0.29) is 11.7 Å². The second-order valence-corrected chi connectivity index (χ2v) is 9.57. The van der Waals surface area contributed by atoms with Crippen LogP contribution >= 0.6 is 0 Å². The molecule has 3 unspecified atom stereocenters. The van der Waals surface area contributed by atoms with E-state index in [4.69, 9.17) is 0 Å². The highest BCUT2D eigenvalue weighted by Gasteiger charge is 2.70. The van der Waals surface area contributed by atoms with E-state index in [1.165, 1.54) is 12.5 Å². The standard InChI is InChI=1S/C21H30O6S/c1-4-5-6-7-8-9-10-16(23)18(14(2)3)21(13-22)15-11-12-17(28(25,26)27)20(24)19(15)21/h11-14,18-19H,4-10H2,1-3H3,(H,25,26,27). The molecular weight excluding hydrogens is 380 g/mol. The molecule has 2 aliphatic rings. The molecule has 0 aromatic carbocycles. The number of allylic oxidation sites excluding steroid dienone is 4. The number of hydrogen-bond donors (Lipinski definition) is 1. The lowest BCUT2D eigenvalue weighted by Gasteiger charge is -2.25. The maximum absolute atomic E-state index is 13.0. The van der Waals surface area contributed by atoms with Crippen LogP contribution in [0.5, 0.6) is 0 Å². The lowest BCUT2D eigenvalue weighted by atomic mass is 9.75. The van der Waals surface area contributed by atoms with Crippen molar-refractivity contribution in [3.05, 3.63) is 22.6 Å². The Morgan fingerprint density at radius 2 is 1.79 bits per heavy atom. The fourth-order valence-electron chi connectivity index (χ4n) is 4.58. The number of Topliss-reactive ketones (excluding diaryl/α,β-unsaturated/α-hetero) is 2. The van der Waals surface area contributed by atoms with Gasteiger partial charge in [-0.15, -0.1) is 0 Å². The molecule has 1 fully saturated rings. The fourth-order valence-corrected chi connectivity index (χ4v) is 5.19. The molecule has 0 aliphatic heterocycles. The van der Waals surface area contributed by atoms with E-state index in [0.29, 0.717) is 18.3 Å². The molecule has 28 heavy (non-hydrogen) atoms. The largest absolute Gasteiger partial charge is 0.302 e. The number of fused-ring (bicyclic) bond motifs is 1. The summed E-state index contributed by atoms with van der Waals surface area (Å²) in [5, 5.41) is 0. The SMILES string of the molecule is CCCCCCCCC(=O)C(C(C)C)C1(C=O)C2=CC=C(S(=O)(=O)O)C(=O)C21. The van der Waals surface area contributed by atoms with Crippen molar-refractivity contribution in [2.24, 2.45) is 23.2 Å². The molecule has 0 bridgehead atoms. The fraction of sp³-hybridized carbons (Fsp3) is 0.667. The lowest BCUT2D eigenvalue weighted by molar-refractivity contribution is -0.132. The third kappa shape index (κ3) is 4.20. The van der Waals surface area contributed by atoms with Gasteiger partial charge in [0.25, 0.3) is 10.1 Å². The highest BCUT2D eigenvalue weighted by atomic mass is 32.2. The molecule has 0 radical (unpaired) electrons. The first kappa shape index (κ1) is 22.7. The molecule has 0 aromatic heterocycles. The number of aldehydes is 1. The second kappa shape index (κ2) is 8.82. The van der Waals surface area contributed by atoms with Gasteiger partial charge in [-0.1, -0.05) is 59.0 Å². The van der Waals surface area contributed by atoms with Gasteiger partial charge in [-0.05, 0) is 24.0 Å². The first-order chi connectivity index (χ1) is 13.1. The molecule has 0 spiro atoms. The van der Waals surface area contributed by atoms with Crippen LogP contribution < -0.4 is 0 Å². The molecule has 1 saturated carbocycles. The Labute approximate surface area is 167 Å². The van der Waals surface area contributed by atoms with Crippen LogP contribution in [0.25, 0.3) is 0 Å². The van der Waals surface area contributed by atoms with Gasteiger partial charge in [-0.25, -0.2) is 0 Å². The number of rotatable bonds is 12. The smallest absolute Gasteiger partial charge is 0.298 e. The molecule has 0 amide bonds. The monoisotopic (exact) mass is 410 g/mol. The Morgan fingerprint density at radius 1 is 1.18 bits per heavy atom. The van der Waals surface area contributed by atoms with E-state index in [1.807, 2.05) is 13.8 Å². The van der Waals surface area contributed by atoms with Crippen molar-refractivity contribution in [3.63, 3.8) is 0 Å². The highest BCUT2D eigenvalue weighted by Crippen LogP contribution is 2.65. The van der Waals surface area contributed by atoms with E-state index >= 15 is 0 Å². The van der Waals surface area contributed by atoms with Crippen LogP contribution in [0.2, 0.25) is 0 Å². The van der Waals surface area contributed by atoms with Gasteiger partial charge in [0, 0.05) is 12.3 Å². The third-order valence-electron chi connectivity index (χ3n) is 5.90. The van der Waals surface area contributed by atoms with Gasteiger partial charge < -0.3 is 4.79 Å². The van der Waals surface area contributed by atoms with Gasteiger partial charge in [-0.2, -0.15) is 8.42 Å². The average molecular weight is 411 g/mol. The van der Waals surface area contributed by atoms with Gasteiger partial charge >= 0.3 is 0 Å². The Balaban J connectivity index is 2.15. The molecule has 2 aliphatic carbocycles. The second-order valence-electron chi connectivity index (χ2n) is 8.18. The number of hydrogen-bond acceptors (Lipinski definition) is 5. The molecule has 7 heteroatoms. The molecule has 0 heterocycles. The minimum Gasteiger partial charge on any atom is -0.302 e. The predicted octanol–water partition coefficient (Wildman–Crippen LogP) is 3.67. The molecule has 2 rings (SSSR count). The van der Waals surface area contributed by atoms with Crippen molar-refractivity contribution in [1.82, 2.24) is 0 Å². The molecule has 0 saturated heterocycles.